The Hall–Kier alpha value is -2.42. The lowest BCUT2D eigenvalue weighted by molar-refractivity contribution is 0.0938. The fourth-order valence-corrected chi connectivity index (χ4v) is 2.83. The SMILES string of the molecule is COCCNC(=O)c1ccccc1NC(=O)c1ccc(OCCOC)c(Br)c1. The van der Waals surface area contributed by atoms with Crippen LogP contribution in [0.3, 0.4) is 0 Å². The minimum absolute atomic E-state index is 0.281. The number of halogens is 1. The first-order chi connectivity index (χ1) is 13.6. The third-order valence-corrected chi connectivity index (χ3v) is 4.37. The number of anilines is 1. The molecule has 0 saturated carbocycles. The Morgan fingerprint density at radius 1 is 0.964 bits per heavy atom. The van der Waals surface area contributed by atoms with E-state index in [2.05, 4.69) is 26.6 Å². The van der Waals surface area contributed by atoms with E-state index in [1.807, 2.05) is 0 Å². The molecule has 2 amide bonds. The summed E-state index contributed by atoms with van der Waals surface area (Å²) in [6.45, 7) is 1.67. The predicted octanol–water partition coefficient (Wildman–Crippen LogP) is 3.10. The van der Waals surface area contributed by atoms with E-state index >= 15 is 0 Å². The first kappa shape index (κ1) is 21.9. The maximum Gasteiger partial charge on any atom is 0.255 e. The van der Waals surface area contributed by atoms with E-state index in [1.54, 1.807) is 56.7 Å². The molecule has 0 saturated heterocycles. The minimum Gasteiger partial charge on any atom is -0.490 e. The molecule has 8 heteroatoms. The summed E-state index contributed by atoms with van der Waals surface area (Å²) in [7, 11) is 3.16. The van der Waals surface area contributed by atoms with Gasteiger partial charge in [-0.3, -0.25) is 9.59 Å². The molecule has 0 spiro atoms. The Labute approximate surface area is 172 Å². The topological polar surface area (TPSA) is 85.9 Å². The van der Waals surface area contributed by atoms with E-state index in [-0.39, 0.29) is 11.8 Å². The number of amides is 2. The average Bonchev–Trinajstić information content (AvgIpc) is 2.69. The molecule has 2 rings (SSSR count). The van der Waals surface area contributed by atoms with E-state index in [0.29, 0.717) is 53.4 Å². The van der Waals surface area contributed by atoms with Gasteiger partial charge < -0.3 is 24.8 Å². The zero-order valence-electron chi connectivity index (χ0n) is 15.8. The second-order valence-corrected chi connectivity index (χ2v) is 6.59. The van der Waals surface area contributed by atoms with Crippen LogP contribution in [0.25, 0.3) is 0 Å². The summed E-state index contributed by atoms with van der Waals surface area (Å²) < 4.78 is 16.1. The van der Waals surface area contributed by atoms with Gasteiger partial charge in [0.2, 0.25) is 0 Å². The average molecular weight is 451 g/mol. The van der Waals surface area contributed by atoms with Crippen molar-refractivity contribution in [1.82, 2.24) is 5.32 Å². The molecule has 28 heavy (non-hydrogen) atoms. The summed E-state index contributed by atoms with van der Waals surface area (Å²) in [5.74, 6) is 0.00354. The van der Waals surface area contributed by atoms with Gasteiger partial charge in [-0.1, -0.05) is 12.1 Å². The lowest BCUT2D eigenvalue weighted by atomic mass is 10.1. The summed E-state index contributed by atoms with van der Waals surface area (Å²) in [5.41, 5.74) is 1.24. The van der Waals surface area contributed by atoms with Crippen molar-refractivity contribution in [2.45, 2.75) is 0 Å². The molecule has 7 nitrogen and oxygen atoms in total. The highest BCUT2D eigenvalue weighted by Crippen LogP contribution is 2.26. The first-order valence-electron chi connectivity index (χ1n) is 8.65. The molecule has 0 aliphatic carbocycles. The van der Waals surface area contributed by atoms with Gasteiger partial charge in [0, 0.05) is 26.3 Å². The number of ether oxygens (including phenoxy) is 3. The predicted molar refractivity (Wildman–Crippen MR) is 110 cm³/mol. The van der Waals surface area contributed by atoms with Crippen LogP contribution in [0.4, 0.5) is 5.69 Å². The van der Waals surface area contributed by atoms with Gasteiger partial charge >= 0.3 is 0 Å². The summed E-state index contributed by atoms with van der Waals surface area (Å²) in [6.07, 6.45) is 0. The highest BCUT2D eigenvalue weighted by atomic mass is 79.9. The quantitative estimate of drug-likeness (QED) is 0.543. The van der Waals surface area contributed by atoms with Crippen LogP contribution < -0.4 is 15.4 Å². The monoisotopic (exact) mass is 450 g/mol. The number of benzene rings is 2. The molecule has 150 valence electrons. The van der Waals surface area contributed by atoms with Crippen LogP contribution >= 0.6 is 15.9 Å². The zero-order valence-corrected chi connectivity index (χ0v) is 17.4. The van der Waals surface area contributed by atoms with Crippen LogP contribution in [0.5, 0.6) is 5.75 Å². The number of para-hydroxylation sites is 1. The van der Waals surface area contributed by atoms with E-state index < -0.39 is 0 Å². The first-order valence-corrected chi connectivity index (χ1v) is 9.45. The Morgan fingerprint density at radius 2 is 1.71 bits per heavy atom. The normalized spacial score (nSPS) is 10.4. The highest BCUT2D eigenvalue weighted by molar-refractivity contribution is 9.10. The smallest absolute Gasteiger partial charge is 0.255 e. The largest absolute Gasteiger partial charge is 0.490 e. The minimum atomic E-state index is -0.332. The molecule has 0 heterocycles. The number of hydrogen-bond donors (Lipinski definition) is 2. The van der Waals surface area contributed by atoms with Crippen LogP contribution in [-0.4, -0.2) is 52.4 Å². The van der Waals surface area contributed by atoms with Crippen molar-refractivity contribution in [3.05, 3.63) is 58.1 Å². The molecule has 0 bridgehead atoms. The van der Waals surface area contributed by atoms with Gasteiger partial charge in [-0.25, -0.2) is 0 Å². The fourth-order valence-electron chi connectivity index (χ4n) is 2.34. The van der Waals surface area contributed by atoms with Crippen LogP contribution in [0.1, 0.15) is 20.7 Å². The molecule has 0 fully saturated rings. The maximum atomic E-state index is 12.6. The summed E-state index contributed by atoms with van der Waals surface area (Å²) >= 11 is 3.40. The number of nitrogens with one attached hydrogen (secondary N) is 2. The number of hydrogen-bond acceptors (Lipinski definition) is 5. The third-order valence-electron chi connectivity index (χ3n) is 3.75. The molecular formula is C20H23BrN2O5. The molecule has 2 aromatic rings. The summed E-state index contributed by atoms with van der Waals surface area (Å²) in [4.78, 5) is 25.0. The molecular weight excluding hydrogens is 428 g/mol. The Morgan fingerprint density at radius 3 is 2.43 bits per heavy atom. The van der Waals surface area contributed by atoms with Gasteiger partial charge in [-0.2, -0.15) is 0 Å². The lowest BCUT2D eigenvalue weighted by Crippen LogP contribution is -2.28. The van der Waals surface area contributed by atoms with Gasteiger partial charge in [0.1, 0.15) is 12.4 Å². The molecule has 2 N–H and O–H groups in total. The standard InChI is InChI=1S/C20H23BrN2O5/c1-26-10-9-22-20(25)15-5-3-4-6-17(15)23-19(24)14-7-8-18(16(21)13-14)28-12-11-27-2/h3-8,13H,9-12H2,1-2H3,(H,22,25)(H,23,24). The number of carbonyl (C=O) groups excluding carboxylic acids is 2. The number of rotatable bonds is 10. The van der Waals surface area contributed by atoms with Crippen molar-refractivity contribution < 1.29 is 23.8 Å². The van der Waals surface area contributed by atoms with E-state index in [4.69, 9.17) is 14.2 Å². The van der Waals surface area contributed by atoms with Crippen molar-refractivity contribution in [3.63, 3.8) is 0 Å². The second-order valence-electron chi connectivity index (χ2n) is 5.73. The Balaban J connectivity index is 2.08. The number of methoxy groups -OCH3 is 2. The molecule has 0 aliphatic rings. The lowest BCUT2D eigenvalue weighted by Gasteiger charge is -2.12. The Bertz CT molecular complexity index is 813. The van der Waals surface area contributed by atoms with Crippen molar-refractivity contribution in [2.75, 3.05) is 45.9 Å². The summed E-state index contributed by atoms with van der Waals surface area (Å²) in [5, 5.41) is 5.53. The van der Waals surface area contributed by atoms with Crippen molar-refractivity contribution in [1.29, 1.82) is 0 Å². The molecule has 2 aromatic carbocycles. The maximum absolute atomic E-state index is 12.6. The van der Waals surface area contributed by atoms with Gasteiger partial charge in [0.15, 0.2) is 0 Å². The molecule has 0 aromatic heterocycles. The van der Waals surface area contributed by atoms with Crippen LogP contribution in [-0.2, 0) is 9.47 Å². The van der Waals surface area contributed by atoms with Crippen molar-refractivity contribution in [3.8, 4) is 5.75 Å². The molecule has 0 atom stereocenters. The molecule has 0 radical (unpaired) electrons. The van der Waals surface area contributed by atoms with Gasteiger partial charge in [0.05, 0.1) is 28.9 Å². The fraction of sp³-hybridized carbons (Fsp3) is 0.300. The van der Waals surface area contributed by atoms with Gasteiger partial charge in [0.25, 0.3) is 11.8 Å². The van der Waals surface area contributed by atoms with Crippen molar-refractivity contribution >= 4 is 33.4 Å². The van der Waals surface area contributed by atoms with Gasteiger partial charge in [-0.05, 0) is 46.3 Å². The van der Waals surface area contributed by atoms with E-state index in [1.165, 1.54) is 0 Å². The summed E-state index contributed by atoms with van der Waals surface area (Å²) in [6, 6.07) is 11.9. The highest BCUT2D eigenvalue weighted by Gasteiger charge is 2.15. The second kappa shape index (κ2) is 11.4. The van der Waals surface area contributed by atoms with Crippen LogP contribution in [0, 0.1) is 0 Å². The van der Waals surface area contributed by atoms with E-state index in [9.17, 15) is 9.59 Å². The van der Waals surface area contributed by atoms with Gasteiger partial charge in [-0.15, -0.1) is 0 Å². The third kappa shape index (κ3) is 6.33. The van der Waals surface area contributed by atoms with E-state index in [0.717, 1.165) is 0 Å². The number of carbonyl (C=O) groups is 2. The zero-order chi connectivity index (χ0) is 20.4. The Kier molecular flexibility index (Phi) is 8.93. The molecule has 0 unspecified atom stereocenters. The van der Waals surface area contributed by atoms with Crippen molar-refractivity contribution in [2.24, 2.45) is 0 Å². The van der Waals surface area contributed by atoms with Crippen LogP contribution in [0.15, 0.2) is 46.9 Å². The van der Waals surface area contributed by atoms with Crippen LogP contribution in [0.2, 0.25) is 0 Å². The molecule has 0 aliphatic heterocycles.